The van der Waals surface area contributed by atoms with Crippen molar-refractivity contribution in [3.63, 3.8) is 0 Å². The SMILES string of the molecule is Cc1cc(C(F)(F)F)cc(O)c1-c1cnc(C=NC23COC(C2)C3)c(N)n1. The molecule has 142 valence electrons. The first kappa shape index (κ1) is 17.7. The number of hydrogen-bond acceptors (Lipinski definition) is 6. The van der Waals surface area contributed by atoms with Crippen LogP contribution in [0, 0.1) is 6.92 Å². The highest BCUT2D eigenvalue weighted by atomic mass is 19.4. The van der Waals surface area contributed by atoms with Gasteiger partial charge in [0, 0.05) is 18.4 Å². The van der Waals surface area contributed by atoms with E-state index in [1.165, 1.54) is 13.1 Å². The Balaban J connectivity index is 1.64. The van der Waals surface area contributed by atoms with Crippen molar-refractivity contribution in [3.05, 3.63) is 35.2 Å². The van der Waals surface area contributed by atoms with E-state index in [2.05, 4.69) is 15.0 Å². The fraction of sp³-hybridized carbons (Fsp3) is 0.389. The third-order valence-corrected chi connectivity index (χ3v) is 4.99. The van der Waals surface area contributed by atoms with E-state index in [9.17, 15) is 18.3 Å². The van der Waals surface area contributed by atoms with Gasteiger partial charge < -0.3 is 15.6 Å². The van der Waals surface area contributed by atoms with E-state index < -0.39 is 17.5 Å². The molecule has 2 saturated heterocycles. The Morgan fingerprint density at radius 3 is 2.67 bits per heavy atom. The molecule has 5 rings (SSSR count). The van der Waals surface area contributed by atoms with Crippen molar-refractivity contribution in [3.8, 4) is 17.0 Å². The van der Waals surface area contributed by atoms with Gasteiger partial charge in [-0.15, -0.1) is 0 Å². The fourth-order valence-electron chi connectivity index (χ4n) is 3.54. The van der Waals surface area contributed by atoms with Crippen LogP contribution in [0.2, 0.25) is 0 Å². The summed E-state index contributed by atoms with van der Waals surface area (Å²) >= 11 is 0. The molecule has 1 saturated carbocycles. The summed E-state index contributed by atoms with van der Waals surface area (Å²) in [7, 11) is 0. The second-order valence-corrected chi connectivity index (χ2v) is 7.03. The molecule has 3 aliphatic rings. The number of hydrogen-bond donors (Lipinski definition) is 2. The Morgan fingerprint density at radius 2 is 2.11 bits per heavy atom. The molecular formula is C18H17F3N4O2. The second-order valence-electron chi connectivity index (χ2n) is 7.03. The van der Waals surface area contributed by atoms with Crippen LogP contribution < -0.4 is 5.73 Å². The van der Waals surface area contributed by atoms with Crippen LogP contribution in [0.4, 0.5) is 19.0 Å². The monoisotopic (exact) mass is 378 g/mol. The number of ether oxygens (including phenoxy) is 1. The molecule has 1 aromatic carbocycles. The smallest absolute Gasteiger partial charge is 0.416 e. The lowest BCUT2D eigenvalue weighted by Crippen LogP contribution is -2.37. The number of aromatic nitrogens is 2. The predicted molar refractivity (Wildman–Crippen MR) is 92.6 cm³/mol. The number of benzene rings is 1. The van der Waals surface area contributed by atoms with E-state index in [4.69, 9.17) is 10.5 Å². The fourth-order valence-corrected chi connectivity index (χ4v) is 3.54. The highest BCUT2D eigenvalue weighted by Crippen LogP contribution is 2.45. The Labute approximate surface area is 152 Å². The summed E-state index contributed by atoms with van der Waals surface area (Å²) in [5.41, 5.74) is 5.76. The molecule has 2 bridgehead atoms. The van der Waals surface area contributed by atoms with Crippen molar-refractivity contribution in [2.75, 3.05) is 12.3 Å². The standard InChI is InChI=1S/C18H17F3N4O2/c1-9-2-10(18(19,20)21)3-14(26)15(9)12-6-23-13(16(22)25-12)7-24-17-4-11(5-17)27-8-17/h2-3,6-7,11,26H,4-5,8H2,1H3,(H2,22,25). The summed E-state index contributed by atoms with van der Waals surface area (Å²) in [6, 6.07) is 1.62. The zero-order chi connectivity index (χ0) is 19.4. The molecular weight excluding hydrogens is 361 g/mol. The lowest BCUT2D eigenvalue weighted by Gasteiger charge is -2.30. The van der Waals surface area contributed by atoms with Gasteiger partial charge in [-0.25, -0.2) is 9.97 Å². The number of nitrogens with two attached hydrogens (primary N) is 1. The number of rotatable bonds is 3. The van der Waals surface area contributed by atoms with E-state index in [1.54, 1.807) is 6.21 Å². The summed E-state index contributed by atoms with van der Waals surface area (Å²) < 4.78 is 44.1. The number of aryl methyl sites for hydroxylation is 1. The summed E-state index contributed by atoms with van der Waals surface area (Å²) in [6.45, 7) is 2.04. The van der Waals surface area contributed by atoms with E-state index in [0.717, 1.165) is 18.9 Å². The minimum atomic E-state index is -4.55. The van der Waals surface area contributed by atoms with Crippen molar-refractivity contribution < 1.29 is 23.0 Å². The number of phenols is 1. The van der Waals surface area contributed by atoms with Crippen molar-refractivity contribution in [1.82, 2.24) is 9.97 Å². The highest BCUT2D eigenvalue weighted by molar-refractivity contribution is 5.84. The van der Waals surface area contributed by atoms with Gasteiger partial charge in [-0.2, -0.15) is 13.2 Å². The lowest BCUT2D eigenvalue weighted by molar-refractivity contribution is -0.137. The quantitative estimate of drug-likeness (QED) is 0.801. The number of anilines is 1. The van der Waals surface area contributed by atoms with E-state index in [-0.39, 0.29) is 28.2 Å². The zero-order valence-corrected chi connectivity index (χ0v) is 14.4. The summed E-state index contributed by atoms with van der Waals surface area (Å²) in [6.07, 6.45) is 0.422. The first-order valence-corrected chi connectivity index (χ1v) is 8.37. The summed E-state index contributed by atoms with van der Waals surface area (Å²) in [5, 5.41) is 10.1. The molecule has 2 aliphatic heterocycles. The average Bonchev–Trinajstić information content (AvgIpc) is 3.13. The Bertz CT molecular complexity index is 908. The lowest BCUT2D eigenvalue weighted by atomic mass is 9.79. The van der Waals surface area contributed by atoms with Gasteiger partial charge in [0.2, 0.25) is 0 Å². The van der Waals surface area contributed by atoms with Gasteiger partial charge >= 0.3 is 6.18 Å². The molecule has 3 N–H and O–H groups in total. The van der Waals surface area contributed by atoms with Crippen LogP contribution in [0.3, 0.4) is 0 Å². The molecule has 0 amide bonds. The molecule has 0 unspecified atom stereocenters. The topological polar surface area (TPSA) is 93.6 Å². The maximum atomic E-state index is 12.9. The zero-order valence-electron chi connectivity index (χ0n) is 14.4. The van der Waals surface area contributed by atoms with Gasteiger partial charge in [0.25, 0.3) is 0 Å². The molecule has 3 fully saturated rings. The molecule has 0 atom stereocenters. The van der Waals surface area contributed by atoms with Crippen molar-refractivity contribution in [2.45, 2.75) is 37.6 Å². The van der Waals surface area contributed by atoms with Gasteiger partial charge in [0.15, 0.2) is 5.82 Å². The predicted octanol–water partition coefficient (Wildman–Crippen LogP) is 3.11. The van der Waals surface area contributed by atoms with Gasteiger partial charge in [0.05, 0.1) is 41.9 Å². The van der Waals surface area contributed by atoms with Gasteiger partial charge in [-0.1, -0.05) is 0 Å². The van der Waals surface area contributed by atoms with E-state index in [0.29, 0.717) is 24.5 Å². The Kier molecular flexibility index (Phi) is 3.88. The highest BCUT2D eigenvalue weighted by Gasteiger charge is 2.51. The minimum absolute atomic E-state index is 0.0844. The van der Waals surface area contributed by atoms with Crippen LogP contribution in [-0.2, 0) is 10.9 Å². The number of alkyl halides is 3. The minimum Gasteiger partial charge on any atom is -0.507 e. The summed E-state index contributed by atoms with van der Waals surface area (Å²) in [4.78, 5) is 12.9. The van der Waals surface area contributed by atoms with E-state index >= 15 is 0 Å². The largest absolute Gasteiger partial charge is 0.507 e. The average molecular weight is 378 g/mol. The van der Waals surface area contributed by atoms with Crippen LogP contribution in [0.25, 0.3) is 11.3 Å². The van der Waals surface area contributed by atoms with Gasteiger partial charge in [0.1, 0.15) is 11.4 Å². The van der Waals surface area contributed by atoms with Crippen LogP contribution >= 0.6 is 0 Å². The number of fused-ring (bicyclic) bond motifs is 1. The van der Waals surface area contributed by atoms with Gasteiger partial charge in [-0.3, -0.25) is 4.99 Å². The van der Waals surface area contributed by atoms with Crippen LogP contribution in [0.1, 0.15) is 29.7 Å². The normalized spacial score (nSPS) is 24.4. The van der Waals surface area contributed by atoms with Crippen molar-refractivity contribution in [2.24, 2.45) is 4.99 Å². The first-order valence-electron chi connectivity index (χ1n) is 8.37. The third kappa shape index (κ3) is 3.12. The molecule has 27 heavy (non-hydrogen) atoms. The molecule has 2 aromatic rings. The third-order valence-electron chi connectivity index (χ3n) is 4.99. The van der Waals surface area contributed by atoms with Crippen molar-refractivity contribution >= 4 is 12.0 Å². The molecule has 3 heterocycles. The molecule has 1 aromatic heterocycles. The number of nitrogens with zero attached hydrogens (tertiary/aromatic N) is 3. The van der Waals surface area contributed by atoms with Crippen LogP contribution in [-0.4, -0.2) is 39.5 Å². The molecule has 1 aliphatic carbocycles. The molecule has 9 heteroatoms. The van der Waals surface area contributed by atoms with Gasteiger partial charge in [-0.05, 0) is 24.6 Å². The van der Waals surface area contributed by atoms with E-state index in [1.807, 2.05) is 0 Å². The molecule has 0 radical (unpaired) electrons. The number of aromatic hydroxyl groups is 1. The second kappa shape index (κ2) is 5.91. The Hall–Kier alpha value is -2.68. The maximum absolute atomic E-state index is 12.9. The molecule has 6 nitrogen and oxygen atoms in total. The van der Waals surface area contributed by atoms with Crippen molar-refractivity contribution in [1.29, 1.82) is 0 Å². The summed E-state index contributed by atoms with van der Waals surface area (Å²) in [5.74, 6) is -0.443. The number of aliphatic imine (C=N–C) groups is 1. The van der Waals surface area contributed by atoms with Crippen LogP contribution in [0.5, 0.6) is 5.75 Å². The number of halogens is 3. The number of phenolic OH excluding ortho intramolecular Hbond substituents is 1. The number of nitrogen functional groups attached to an aromatic ring is 1. The molecule has 0 spiro atoms. The Morgan fingerprint density at radius 1 is 1.37 bits per heavy atom. The maximum Gasteiger partial charge on any atom is 0.416 e. The van der Waals surface area contributed by atoms with Crippen LogP contribution in [0.15, 0.2) is 23.3 Å². The first-order chi connectivity index (χ1) is 12.7.